The molecule has 5 heteroatoms. The Bertz CT molecular complexity index is 677. The third-order valence-electron chi connectivity index (χ3n) is 4.95. The molecule has 0 unspecified atom stereocenters. The van der Waals surface area contributed by atoms with Crippen LogP contribution in [0.1, 0.15) is 23.3 Å². The van der Waals surface area contributed by atoms with Gasteiger partial charge >= 0.3 is 0 Å². The third-order valence-corrected chi connectivity index (χ3v) is 5.72. The van der Waals surface area contributed by atoms with Gasteiger partial charge in [-0.2, -0.15) is 0 Å². The highest BCUT2D eigenvalue weighted by Crippen LogP contribution is 2.31. The van der Waals surface area contributed by atoms with E-state index in [1.54, 1.807) is 11.3 Å². The van der Waals surface area contributed by atoms with Crippen molar-refractivity contribution >= 4 is 22.9 Å². The van der Waals surface area contributed by atoms with Crippen LogP contribution in [0.3, 0.4) is 0 Å². The number of hydrogen-bond donors (Lipinski definition) is 0. The molecule has 0 radical (unpaired) electrons. The lowest BCUT2D eigenvalue weighted by atomic mass is 9.95. The van der Waals surface area contributed by atoms with Gasteiger partial charge in [-0.05, 0) is 44.0 Å². The van der Waals surface area contributed by atoms with E-state index in [4.69, 9.17) is 0 Å². The Morgan fingerprint density at radius 3 is 2.83 bits per heavy atom. The molecule has 2 aliphatic rings. The second-order valence-electron chi connectivity index (χ2n) is 6.39. The van der Waals surface area contributed by atoms with Crippen molar-refractivity contribution in [3.63, 3.8) is 0 Å². The van der Waals surface area contributed by atoms with Crippen LogP contribution < -0.4 is 4.90 Å². The number of para-hydroxylation sites is 1. The van der Waals surface area contributed by atoms with E-state index in [2.05, 4.69) is 28.1 Å². The summed E-state index contributed by atoms with van der Waals surface area (Å²) in [5, 5.41) is 0. The third kappa shape index (κ3) is 3.03. The largest absolute Gasteiger partial charge is 0.312 e. The second kappa shape index (κ2) is 6.42. The van der Waals surface area contributed by atoms with E-state index in [1.165, 1.54) is 10.4 Å². The Morgan fingerprint density at radius 2 is 2.04 bits per heavy atom. The summed E-state index contributed by atoms with van der Waals surface area (Å²) in [5.41, 5.74) is 4.32. The van der Waals surface area contributed by atoms with Crippen molar-refractivity contribution in [2.45, 2.75) is 25.8 Å². The van der Waals surface area contributed by atoms with Gasteiger partial charge in [0.05, 0.1) is 5.51 Å². The minimum atomic E-state index is 0.180. The maximum atomic E-state index is 12.9. The van der Waals surface area contributed by atoms with Gasteiger partial charge in [-0.15, -0.1) is 11.3 Å². The van der Waals surface area contributed by atoms with Gasteiger partial charge in [-0.1, -0.05) is 18.2 Å². The Balaban J connectivity index is 1.36. The molecule has 1 amide bonds. The summed E-state index contributed by atoms with van der Waals surface area (Å²) in [6, 6.07) is 8.31. The van der Waals surface area contributed by atoms with Crippen molar-refractivity contribution in [2.75, 3.05) is 24.5 Å². The number of anilines is 1. The first-order valence-corrected chi connectivity index (χ1v) is 9.18. The normalized spacial score (nSPS) is 19.0. The number of carbonyl (C=O) groups is 1. The first-order chi connectivity index (χ1) is 11.3. The number of thiazole rings is 1. The lowest BCUT2D eigenvalue weighted by Crippen LogP contribution is -2.41. The van der Waals surface area contributed by atoms with Gasteiger partial charge in [0.25, 0.3) is 0 Å². The first-order valence-electron chi connectivity index (χ1n) is 8.30. The van der Waals surface area contributed by atoms with E-state index in [-0.39, 0.29) is 5.92 Å². The van der Waals surface area contributed by atoms with E-state index >= 15 is 0 Å². The zero-order valence-corrected chi connectivity index (χ0v) is 14.0. The summed E-state index contributed by atoms with van der Waals surface area (Å²) in [6.45, 7) is 3.82. The van der Waals surface area contributed by atoms with Crippen molar-refractivity contribution in [3.05, 3.63) is 46.4 Å². The van der Waals surface area contributed by atoms with Crippen molar-refractivity contribution in [2.24, 2.45) is 5.92 Å². The topological polar surface area (TPSA) is 36.4 Å². The van der Waals surface area contributed by atoms with Crippen molar-refractivity contribution in [1.82, 2.24) is 9.88 Å². The highest BCUT2D eigenvalue weighted by molar-refractivity contribution is 7.09. The summed E-state index contributed by atoms with van der Waals surface area (Å²) in [4.78, 5) is 22.8. The maximum absolute atomic E-state index is 12.9. The second-order valence-corrected chi connectivity index (χ2v) is 7.36. The van der Waals surface area contributed by atoms with Gasteiger partial charge in [0.1, 0.15) is 0 Å². The molecule has 4 nitrogen and oxygen atoms in total. The smallest absolute Gasteiger partial charge is 0.230 e. The number of benzene rings is 1. The molecule has 0 atom stereocenters. The van der Waals surface area contributed by atoms with Crippen LogP contribution in [0.2, 0.25) is 0 Å². The number of fused-ring (bicyclic) bond motifs is 1. The minimum Gasteiger partial charge on any atom is -0.312 e. The fourth-order valence-electron chi connectivity index (χ4n) is 3.67. The highest BCUT2D eigenvalue weighted by Gasteiger charge is 2.32. The van der Waals surface area contributed by atoms with E-state index in [9.17, 15) is 4.79 Å². The molecular formula is C18H21N3OS. The molecule has 1 aromatic carbocycles. The zero-order chi connectivity index (χ0) is 15.6. The molecular weight excluding hydrogens is 306 g/mol. The molecule has 0 N–H and O–H groups in total. The lowest BCUT2D eigenvalue weighted by Gasteiger charge is -2.33. The Hall–Kier alpha value is -1.72. The molecule has 1 fully saturated rings. The number of nitrogens with zero attached hydrogens (tertiary/aromatic N) is 3. The van der Waals surface area contributed by atoms with Crippen LogP contribution in [-0.4, -0.2) is 35.4 Å². The number of rotatable bonds is 3. The van der Waals surface area contributed by atoms with Gasteiger partial charge in [0.2, 0.25) is 5.91 Å². The van der Waals surface area contributed by atoms with E-state index < -0.39 is 0 Å². The maximum Gasteiger partial charge on any atom is 0.230 e. The van der Waals surface area contributed by atoms with Crippen LogP contribution in [0.5, 0.6) is 0 Å². The molecule has 120 valence electrons. The number of amides is 1. The number of carbonyl (C=O) groups excluding carboxylic acids is 1. The Labute approximate surface area is 140 Å². The molecule has 3 heterocycles. The summed E-state index contributed by atoms with van der Waals surface area (Å²) in [5.74, 6) is 0.506. The molecule has 0 bridgehead atoms. The predicted molar refractivity (Wildman–Crippen MR) is 92.6 cm³/mol. The first kappa shape index (κ1) is 14.8. The van der Waals surface area contributed by atoms with Crippen LogP contribution >= 0.6 is 11.3 Å². The molecule has 0 aliphatic carbocycles. The number of aromatic nitrogens is 1. The summed E-state index contributed by atoms with van der Waals surface area (Å²) < 4.78 is 0. The van der Waals surface area contributed by atoms with Crippen LogP contribution in [-0.2, 0) is 17.8 Å². The predicted octanol–water partition coefficient (Wildman–Crippen LogP) is 2.94. The Morgan fingerprint density at radius 1 is 1.22 bits per heavy atom. The standard InChI is InChI=1S/C18H21N3OS/c22-18(21-10-7-14-3-1-2-4-17(14)21)15-5-8-20(9-6-15)12-16-11-19-13-23-16/h1-4,11,13,15H,5-10,12H2. The average Bonchev–Trinajstić information content (AvgIpc) is 3.24. The number of likely N-dealkylation sites (tertiary alicyclic amines) is 1. The Kier molecular flexibility index (Phi) is 4.14. The van der Waals surface area contributed by atoms with Crippen molar-refractivity contribution in [3.8, 4) is 0 Å². The van der Waals surface area contributed by atoms with Gasteiger partial charge in [0.15, 0.2) is 0 Å². The van der Waals surface area contributed by atoms with Crippen LogP contribution in [0.15, 0.2) is 36.0 Å². The van der Waals surface area contributed by atoms with Crippen molar-refractivity contribution < 1.29 is 4.79 Å². The molecule has 0 saturated carbocycles. The average molecular weight is 327 g/mol. The molecule has 2 aromatic rings. The molecule has 4 rings (SSSR count). The summed E-state index contributed by atoms with van der Waals surface area (Å²) in [7, 11) is 0. The van der Waals surface area contributed by atoms with E-state index in [0.717, 1.165) is 51.1 Å². The minimum absolute atomic E-state index is 0.180. The fourth-order valence-corrected chi connectivity index (χ4v) is 4.30. The quantitative estimate of drug-likeness (QED) is 0.870. The SMILES string of the molecule is O=C(C1CCN(Cc2cncs2)CC1)N1CCc2ccccc21. The monoisotopic (exact) mass is 327 g/mol. The van der Waals surface area contributed by atoms with Crippen LogP contribution in [0, 0.1) is 5.92 Å². The summed E-state index contributed by atoms with van der Waals surface area (Å²) >= 11 is 1.71. The van der Waals surface area contributed by atoms with Crippen LogP contribution in [0.4, 0.5) is 5.69 Å². The molecule has 1 aromatic heterocycles. The van der Waals surface area contributed by atoms with E-state index in [1.807, 2.05) is 22.7 Å². The fraction of sp³-hybridized carbons (Fsp3) is 0.444. The van der Waals surface area contributed by atoms with E-state index in [0.29, 0.717) is 5.91 Å². The van der Waals surface area contributed by atoms with Gasteiger partial charge < -0.3 is 4.90 Å². The lowest BCUT2D eigenvalue weighted by molar-refractivity contribution is -0.123. The summed E-state index contributed by atoms with van der Waals surface area (Å²) in [6.07, 6.45) is 4.88. The zero-order valence-electron chi connectivity index (χ0n) is 13.1. The van der Waals surface area contributed by atoms with Crippen molar-refractivity contribution in [1.29, 1.82) is 0 Å². The molecule has 1 saturated heterocycles. The molecule has 23 heavy (non-hydrogen) atoms. The van der Waals surface area contributed by atoms with Gasteiger partial charge in [-0.3, -0.25) is 14.7 Å². The van der Waals surface area contributed by atoms with Crippen LogP contribution in [0.25, 0.3) is 0 Å². The van der Waals surface area contributed by atoms with Gasteiger partial charge in [0, 0.05) is 35.8 Å². The molecule has 0 spiro atoms. The number of hydrogen-bond acceptors (Lipinski definition) is 4. The molecule has 2 aliphatic heterocycles. The van der Waals surface area contributed by atoms with Gasteiger partial charge in [-0.25, -0.2) is 0 Å². The highest BCUT2D eigenvalue weighted by atomic mass is 32.1. The number of piperidine rings is 1.